The first-order chi connectivity index (χ1) is 14.2. The van der Waals surface area contributed by atoms with E-state index in [0.717, 1.165) is 44.7 Å². The molecule has 0 aliphatic carbocycles. The highest BCUT2D eigenvalue weighted by Gasteiger charge is 2.13. The van der Waals surface area contributed by atoms with Crippen molar-refractivity contribution in [1.82, 2.24) is 9.97 Å². The van der Waals surface area contributed by atoms with Crippen molar-refractivity contribution < 1.29 is 4.42 Å². The summed E-state index contributed by atoms with van der Waals surface area (Å²) in [5.74, 6) is 0.900. The van der Waals surface area contributed by atoms with Crippen LogP contribution in [0.4, 0.5) is 0 Å². The minimum atomic E-state index is 0.898. The van der Waals surface area contributed by atoms with E-state index in [1.807, 2.05) is 24.4 Å². The normalized spacial score (nSPS) is 11.1. The van der Waals surface area contributed by atoms with E-state index in [1.54, 1.807) is 12.4 Å². The standard InChI is InChI=1S/C26H20N2O/c1-17-8-13-28-24(14-17)22-5-3-4-20(15-22)21-6-7-25-23(16-21)18(2)26(29-25)19-9-11-27-12-10-19/h3-16H,1-2H3. The summed E-state index contributed by atoms with van der Waals surface area (Å²) in [5, 5.41) is 1.13. The Bertz CT molecular complexity index is 1320. The van der Waals surface area contributed by atoms with E-state index in [0.29, 0.717) is 0 Å². The number of aryl methyl sites for hydroxylation is 2. The van der Waals surface area contributed by atoms with Crippen molar-refractivity contribution in [3.63, 3.8) is 0 Å². The minimum absolute atomic E-state index is 0.898. The number of nitrogens with zero attached hydrogens (tertiary/aromatic N) is 2. The lowest BCUT2D eigenvalue weighted by Gasteiger charge is -2.06. The van der Waals surface area contributed by atoms with Crippen molar-refractivity contribution in [3.8, 4) is 33.7 Å². The first-order valence-electron chi connectivity index (χ1n) is 9.66. The number of benzene rings is 2. The molecule has 0 saturated heterocycles. The van der Waals surface area contributed by atoms with Crippen LogP contribution in [-0.4, -0.2) is 9.97 Å². The van der Waals surface area contributed by atoms with Gasteiger partial charge in [-0.05, 0) is 73.0 Å². The fourth-order valence-corrected chi connectivity index (χ4v) is 3.73. The molecule has 0 amide bonds. The number of rotatable bonds is 3. The molecule has 29 heavy (non-hydrogen) atoms. The average molecular weight is 376 g/mol. The Hall–Kier alpha value is -3.72. The molecule has 0 saturated carbocycles. The molecule has 3 nitrogen and oxygen atoms in total. The predicted molar refractivity (Wildman–Crippen MR) is 118 cm³/mol. The molecule has 0 aliphatic rings. The third kappa shape index (κ3) is 3.21. The number of furan rings is 1. The summed E-state index contributed by atoms with van der Waals surface area (Å²) in [6.07, 6.45) is 5.44. The minimum Gasteiger partial charge on any atom is -0.456 e. The van der Waals surface area contributed by atoms with Gasteiger partial charge in [-0.3, -0.25) is 9.97 Å². The summed E-state index contributed by atoms with van der Waals surface area (Å²) in [6, 6.07) is 23.0. The fraction of sp³-hybridized carbons (Fsp3) is 0.0769. The first kappa shape index (κ1) is 17.4. The van der Waals surface area contributed by atoms with Crippen LogP contribution in [0, 0.1) is 13.8 Å². The van der Waals surface area contributed by atoms with Crippen LogP contribution in [0.2, 0.25) is 0 Å². The van der Waals surface area contributed by atoms with Gasteiger partial charge in [-0.15, -0.1) is 0 Å². The average Bonchev–Trinajstić information content (AvgIpc) is 3.10. The molecule has 3 aromatic heterocycles. The van der Waals surface area contributed by atoms with E-state index in [2.05, 4.69) is 72.3 Å². The predicted octanol–water partition coefficient (Wildman–Crippen LogP) is 6.84. The zero-order valence-electron chi connectivity index (χ0n) is 16.4. The van der Waals surface area contributed by atoms with Crippen LogP contribution in [-0.2, 0) is 0 Å². The van der Waals surface area contributed by atoms with Crippen LogP contribution in [0.5, 0.6) is 0 Å². The highest BCUT2D eigenvalue weighted by atomic mass is 16.3. The second-order valence-electron chi connectivity index (χ2n) is 7.30. The zero-order chi connectivity index (χ0) is 19.8. The second kappa shape index (κ2) is 7.02. The van der Waals surface area contributed by atoms with Crippen molar-refractivity contribution in [3.05, 3.63) is 96.4 Å². The second-order valence-corrected chi connectivity index (χ2v) is 7.30. The van der Waals surface area contributed by atoms with Gasteiger partial charge in [0, 0.05) is 40.7 Å². The number of hydrogen-bond acceptors (Lipinski definition) is 3. The first-order valence-corrected chi connectivity index (χ1v) is 9.66. The number of aromatic nitrogens is 2. The monoisotopic (exact) mass is 376 g/mol. The maximum Gasteiger partial charge on any atom is 0.138 e. The van der Waals surface area contributed by atoms with Gasteiger partial charge in [0.1, 0.15) is 11.3 Å². The number of pyridine rings is 2. The van der Waals surface area contributed by atoms with E-state index in [1.165, 1.54) is 11.1 Å². The molecule has 0 bridgehead atoms. The molecule has 0 fully saturated rings. The molecule has 2 aromatic carbocycles. The summed E-state index contributed by atoms with van der Waals surface area (Å²) in [4.78, 5) is 8.63. The van der Waals surface area contributed by atoms with Crippen molar-refractivity contribution in [2.75, 3.05) is 0 Å². The maximum atomic E-state index is 6.14. The molecule has 0 aliphatic heterocycles. The topological polar surface area (TPSA) is 38.9 Å². The van der Waals surface area contributed by atoms with Crippen LogP contribution in [0.25, 0.3) is 44.7 Å². The zero-order valence-corrected chi connectivity index (χ0v) is 16.4. The fourth-order valence-electron chi connectivity index (χ4n) is 3.73. The van der Waals surface area contributed by atoms with Gasteiger partial charge < -0.3 is 4.42 Å². The van der Waals surface area contributed by atoms with E-state index >= 15 is 0 Å². The highest BCUT2D eigenvalue weighted by molar-refractivity contribution is 5.91. The molecule has 0 atom stereocenters. The van der Waals surface area contributed by atoms with E-state index in [4.69, 9.17) is 4.42 Å². The van der Waals surface area contributed by atoms with E-state index in [9.17, 15) is 0 Å². The molecule has 140 valence electrons. The van der Waals surface area contributed by atoms with Crippen LogP contribution in [0.15, 0.2) is 89.7 Å². The van der Waals surface area contributed by atoms with Crippen molar-refractivity contribution in [2.24, 2.45) is 0 Å². The lowest BCUT2D eigenvalue weighted by molar-refractivity contribution is 0.629. The number of hydrogen-bond donors (Lipinski definition) is 0. The van der Waals surface area contributed by atoms with Crippen LogP contribution < -0.4 is 0 Å². The van der Waals surface area contributed by atoms with E-state index in [-0.39, 0.29) is 0 Å². The van der Waals surface area contributed by atoms with E-state index < -0.39 is 0 Å². The summed E-state index contributed by atoms with van der Waals surface area (Å²) in [6.45, 7) is 4.20. The SMILES string of the molecule is Cc1ccnc(-c2cccc(-c3ccc4oc(-c5ccncc5)c(C)c4c3)c2)c1. The quantitative estimate of drug-likeness (QED) is 0.346. The Balaban J connectivity index is 1.59. The molecule has 3 heterocycles. The van der Waals surface area contributed by atoms with Crippen LogP contribution in [0.3, 0.4) is 0 Å². The van der Waals surface area contributed by atoms with Gasteiger partial charge in [-0.25, -0.2) is 0 Å². The molecule has 0 spiro atoms. The summed E-state index contributed by atoms with van der Waals surface area (Å²) in [7, 11) is 0. The molecular weight excluding hydrogens is 356 g/mol. The maximum absolute atomic E-state index is 6.14. The summed E-state index contributed by atoms with van der Waals surface area (Å²) < 4.78 is 6.14. The van der Waals surface area contributed by atoms with Crippen molar-refractivity contribution in [1.29, 1.82) is 0 Å². The Morgan fingerprint density at radius 3 is 2.31 bits per heavy atom. The Labute approximate surface area is 169 Å². The molecular formula is C26H20N2O. The summed E-state index contributed by atoms with van der Waals surface area (Å²) >= 11 is 0. The van der Waals surface area contributed by atoms with Gasteiger partial charge in [0.2, 0.25) is 0 Å². The molecule has 5 rings (SSSR count). The molecule has 0 N–H and O–H groups in total. The highest BCUT2D eigenvalue weighted by Crippen LogP contribution is 2.35. The van der Waals surface area contributed by atoms with Gasteiger partial charge in [0.25, 0.3) is 0 Å². The van der Waals surface area contributed by atoms with Crippen molar-refractivity contribution >= 4 is 11.0 Å². The van der Waals surface area contributed by atoms with Gasteiger partial charge in [0.15, 0.2) is 0 Å². The third-order valence-electron chi connectivity index (χ3n) is 5.29. The molecule has 0 radical (unpaired) electrons. The molecule has 5 aromatic rings. The Kier molecular flexibility index (Phi) is 4.21. The molecule has 0 unspecified atom stereocenters. The molecule has 3 heteroatoms. The Morgan fingerprint density at radius 1 is 0.690 bits per heavy atom. The van der Waals surface area contributed by atoms with Crippen LogP contribution >= 0.6 is 0 Å². The largest absolute Gasteiger partial charge is 0.456 e. The number of fused-ring (bicyclic) bond motifs is 1. The third-order valence-corrected chi connectivity index (χ3v) is 5.29. The van der Waals surface area contributed by atoms with Crippen LogP contribution in [0.1, 0.15) is 11.1 Å². The van der Waals surface area contributed by atoms with Gasteiger partial charge in [-0.2, -0.15) is 0 Å². The van der Waals surface area contributed by atoms with Gasteiger partial charge in [0.05, 0.1) is 5.69 Å². The van der Waals surface area contributed by atoms with Gasteiger partial charge in [-0.1, -0.05) is 24.3 Å². The Morgan fingerprint density at radius 2 is 1.48 bits per heavy atom. The van der Waals surface area contributed by atoms with Crippen molar-refractivity contribution in [2.45, 2.75) is 13.8 Å². The lowest BCUT2D eigenvalue weighted by Crippen LogP contribution is -1.86. The smallest absolute Gasteiger partial charge is 0.138 e. The lowest BCUT2D eigenvalue weighted by atomic mass is 9.99. The summed E-state index contributed by atoms with van der Waals surface area (Å²) in [5.41, 5.74) is 8.73. The van der Waals surface area contributed by atoms with Gasteiger partial charge >= 0.3 is 0 Å².